The third-order valence-corrected chi connectivity index (χ3v) is 6.97. The van der Waals surface area contributed by atoms with Gasteiger partial charge in [-0.05, 0) is 31.0 Å². The molecule has 2 aromatic rings. The van der Waals surface area contributed by atoms with Crippen molar-refractivity contribution in [3.8, 4) is 6.07 Å². The first kappa shape index (κ1) is 17.1. The first-order valence-corrected chi connectivity index (χ1v) is 10.2. The van der Waals surface area contributed by atoms with E-state index in [1.165, 1.54) is 10.4 Å². The minimum absolute atomic E-state index is 0.181. The van der Waals surface area contributed by atoms with Gasteiger partial charge in [-0.1, -0.05) is 6.07 Å². The summed E-state index contributed by atoms with van der Waals surface area (Å²) in [4.78, 5) is 0.181. The largest absolute Gasteiger partial charge is 0.312 e. The molecule has 136 valence electrons. The molecule has 0 unspecified atom stereocenters. The Bertz CT molecular complexity index is 954. The second kappa shape index (κ2) is 6.79. The third kappa shape index (κ3) is 3.00. The molecule has 1 N–H and O–H groups in total. The first-order valence-electron chi connectivity index (χ1n) is 8.72. The Morgan fingerprint density at radius 3 is 2.77 bits per heavy atom. The fourth-order valence-corrected chi connectivity index (χ4v) is 5.16. The van der Waals surface area contributed by atoms with Crippen molar-refractivity contribution in [2.45, 2.75) is 36.7 Å². The molecule has 0 radical (unpaired) electrons. The maximum absolute atomic E-state index is 12.9. The van der Waals surface area contributed by atoms with Crippen LogP contribution in [0.15, 0.2) is 29.2 Å². The molecular formula is C17H20N6O2S. The van der Waals surface area contributed by atoms with Crippen molar-refractivity contribution in [1.29, 1.82) is 5.26 Å². The zero-order valence-electron chi connectivity index (χ0n) is 14.3. The first-order chi connectivity index (χ1) is 12.6. The molecule has 2 aliphatic heterocycles. The number of piperidine rings is 1. The Labute approximate surface area is 152 Å². The van der Waals surface area contributed by atoms with Gasteiger partial charge >= 0.3 is 0 Å². The number of hydrogen-bond acceptors (Lipinski definition) is 6. The van der Waals surface area contributed by atoms with Crippen molar-refractivity contribution < 1.29 is 8.42 Å². The van der Waals surface area contributed by atoms with Crippen molar-refractivity contribution in [2.75, 3.05) is 19.6 Å². The predicted molar refractivity (Wildman–Crippen MR) is 93.6 cm³/mol. The number of hydrogen-bond donors (Lipinski definition) is 1. The number of nitrogens with one attached hydrogen (secondary N) is 1. The van der Waals surface area contributed by atoms with Crippen LogP contribution in [-0.2, 0) is 23.1 Å². The van der Waals surface area contributed by atoms with Gasteiger partial charge in [-0.3, -0.25) is 0 Å². The van der Waals surface area contributed by atoms with Crippen LogP contribution in [-0.4, -0.2) is 47.1 Å². The van der Waals surface area contributed by atoms with Gasteiger partial charge in [0.2, 0.25) is 10.0 Å². The Morgan fingerprint density at radius 1 is 1.19 bits per heavy atom. The quantitative estimate of drug-likeness (QED) is 0.855. The molecule has 1 aromatic heterocycles. The van der Waals surface area contributed by atoms with Gasteiger partial charge < -0.3 is 9.88 Å². The maximum atomic E-state index is 12.9. The van der Waals surface area contributed by atoms with Gasteiger partial charge in [0, 0.05) is 32.1 Å². The smallest absolute Gasteiger partial charge is 0.243 e. The lowest BCUT2D eigenvalue weighted by Gasteiger charge is -2.31. The van der Waals surface area contributed by atoms with E-state index in [-0.39, 0.29) is 10.8 Å². The zero-order valence-corrected chi connectivity index (χ0v) is 15.1. The number of benzene rings is 1. The summed E-state index contributed by atoms with van der Waals surface area (Å²) in [5, 5.41) is 20.9. The molecule has 8 nitrogen and oxygen atoms in total. The van der Waals surface area contributed by atoms with E-state index in [1.54, 1.807) is 18.2 Å². The molecule has 0 atom stereocenters. The molecule has 26 heavy (non-hydrogen) atoms. The molecule has 1 saturated heterocycles. The number of nitriles is 1. The van der Waals surface area contributed by atoms with Crippen molar-refractivity contribution in [3.63, 3.8) is 0 Å². The highest BCUT2D eigenvalue weighted by atomic mass is 32.2. The second-order valence-corrected chi connectivity index (χ2v) is 8.56. The lowest BCUT2D eigenvalue weighted by Crippen LogP contribution is -2.38. The molecule has 0 saturated carbocycles. The number of fused-ring (bicyclic) bond motifs is 1. The van der Waals surface area contributed by atoms with Crippen LogP contribution >= 0.6 is 0 Å². The van der Waals surface area contributed by atoms with Gasteiger partial charge in [0.05, 0.1) is 23.1 Å². The van der Waals surface area contributed by atoms with Crippen LogP contribution in [0.3, 0.4) is 0 Å². The highest BCUT2D eigenvalue weighted by Crippen LogP contribution is 2.30. The fraction of sp³-hybridized carbons (Fsp3) is 0.471. The van der Waals surface area contributed by atoms with E-state index >= 15 is 0 Å². The topological polar surface area (TPSA) is 104 Å². The summed E-state index contributed by atoms with van der Waals surface area (Å²) in [6, 6.07) is 8.18. The lowest BCUT2D eigenvalue weighted by atomic mass is 9.97. The lowest BCUT2D eigenvalue weighted by molar-refractivity contribution is 0.307. The van der Waals surface area contributed by atoms with Gasteiger partial charge in [-0.2, -0.15) is 9.57 Å². The Balaban J connectivity index is 1.49. The minimum Gasteiger partial charge on any atom is -0.312 e. The summed E-state index contributed by atoms with van der Waals surface area (Å²) in [6.07, 6.45) is 1.45. The molecule has 0 aliphatic carbocycles. The van der Waals surface area contributed by atoms with E-state index in [0.717, 1.165) is 44.1 Å². The number of rotatable bonds is 3. The maximum Gasteiger partial charge on any atom is 0.243 e. The number of nitrogens with zero attached hydrogens (tertiary/aromatic N) is 5. The molecule has 3 heterocycles. The standard InChI is InChI=1S/C17H20N6O2S/c18-11-13-2-1-3-15(10-13)26(24,25)22-7-4-14(5-8-22)17-21-20-16-12-19-6-9-23(16)17/h1-3,10,14,19H,4-9,12H2. The van der Waals surface area contributed by atoms with Gasteiger partial charge in [0.25, 0.3) is 0 Å². The third-order valence-electron chi connectivity index (χ3n) is 5.07. The summed E-state index contributed by atoms with van der Waals surface area (Å²) in [5.74, 6) is 2.16. The summed E-state index contributed by atoms with van der Waals surface area (Å²) in [7, 11) is -3.57. The number of sulfonamides is 1. The van der Waals surface area contributed by atoms with Crippen molar-refractivity contribution in [3.05, 3.63) is 41.5 Å². The van der Waals surface area contributed by atoms with Crippen molar-refractivity contribution in [2.24, 2.45) is 0 Å². The molecule has 0 bridgehead atoms. The highest BCUT2D eigenvalue weighted by molar-refractivity contribution is 7.89. The monoisotopic (exact) mass is 372 g/mol. The SMILES string of the molecule is N#Cc1cccc(S(=O)(=O)N2CCC(c3nnc4n3CCNC4)CC2)c1. The van der Waals surface area contributed by atoms with Gasteiger partial charge in [0.1, 0.15) is 11.6 Å². The van der Waals surface area contributed by atoms with Gasteiger partial charge in [-0.25, -0.2) is 8.42 Å². The van der Waals surface area contributed by atoms with E-state index < -0.39 is 10.0 Å². The van der Waals surface area contributed by atoms with E-state index in [4.69, 9.17) is 5.26 Å². The van der Waals surface area contributed by atoms with E-state index in [0.29, 0.717) is 18.7 Å². The van der Waals surface area contributed by atoms with Crippen molar-refractivity contribution >= 4 is 10.0 Å². The van der Waals surface area contributed by atoms with Crippen LogP contribution in [0.1, 0.15) is 36.0 Å². The summed E-state index contributed by atoms with van der Waals surface area (Å²) >= 11 is 0. The molecule has 2 aliphatic rings. The van der Waals surface area contributed by atoms with E-state index in [9.17, 15) is 8.42 Å². The van der Waals surface area contributed by atoms with Crippen LogP contribution < -0.4 is 5.32 Å². The molecule has 9 heteroatoms. The van der Waals surface area contributed by atoms with E-state index in [2.05, 4.69) is 20.1 Å². The van der Waals surface area contributed by atoms with Gasteiger partial charge in [0.15, 0.2) is 0 Å². The number of aromatic nitrogens is 3. The Hall–Kier alpha value is -2.28. The summed E-state index contributed by atoms with van der Waals surface area (Å²) in [6.45, 7) is 3.39. The van der Waals surface area contributed by atoms with Crippen LogP contribution in [0.4, 0.5) is 0 Å². The zero-order chi connectivity index (χ0) is 18.1. The molecule has 4 rings (SSSR count). The molecular weight excluding hydrogens is 352 g/mol. The molecule has 1 aromatic carbocycles. The molecule has 0 spiro atoms. The highest BCUT2D eigenvalue weighted by Gasteiger charge is 2.32. The fourth-order valence-electron chi connectivity index (χ4n) is 3.65. The average Bonchev–Trinajstić information content (AvgIpc) is 3.12. The molecule has 0 amide bonds. The normalized spacial score (nSPS) is 19.0. The van der Waals surface area contributed by atoms with Crippen LogP contribution in [0.2, 0.25) is 0 Å². The predicted octanol–water partition coefficient (Wildman–Crippen LogP) is 0.821. The summed E-state index contributed by atoms with van der Waals surface area (Å²) in [5.41, 5.74) is 0.352. The van der Waals surface area contributed by atoms with Crippen LogP contribution in [0.5, 0.6) is 0 Å². The molecule has 1 fully saturated rings. The second-order valence-electron chi connectivity index (χ2n) is 6.62. The van der Waals surface area contributed by atoms with Crippen LogP contribution in [0.25, 0.3) is 0 Å². The Kier molecular flexibility index (Phi) is 4.48. The van der Waals surface area contributed by atoms with Gasteiger partial charge in [-0.15, -0.1) is 10.2 Å². The van der Waals surface area contributed by atoms with E-state index in [1.807, 2.05) is 6.07 Å². The van der Waals surface area contributed by atoms with Crippen molar-refractivity contribution in [1.82, 2.24) is 24.4 Å². The Morgan fingerprint density at radius 2 is 2.00 bits per heavy atom. The average molecular weight is 372 g/mol. The summed E-state index contributed by atoms with van der Waals surface area (Å²) < 4.78 is 29.4. The minimum atomic E-state index is -3.57. The van der Waals surface area contributed by atoms with Crippen LogP contribution in [0, 0.1) is 11.3 Å².